The Labute approximate surface area is 56.2 Å². The molecule has 0 amide bonds. The van der Waals surface area contributed by atoms with Crippen LogP contribution in [0.5, 0.6) is 0 Å². The molecule has 1 atom stereocenters. The van der Waals surface area contributed by atoms with Crippen molar-refractivity contribution in [3.05, 3.63) is 0 Å². The first-order valence-electron chi connectivity index (χ1n) is 3.59. The van der Waals surface area contributed by atoms with Crippen LogP contribution in [0.3, 0.4) is 0 Å². The molecule has 0 aromatic heterocycles. The molecule has 1 heterocycles. The molecule has 0 radical (unpaired) electrons. The summed E-state index contributed by atoms with van der Waals surface area (Å²) in [6, 6.07) is 0.388. The summed E-state index contributed by atoms with van der Waals surface area (Å²) in [6.07, 6.45) is 3.73. The molecule has 0 aromatic carbocycles. The second kappa shape index (κ2) is 2.97. The van der Waals surface area contributed by atoms with E-state index in [2.05, 4.69) is 5.32 Å². The second-order valence-electron chi connectivity index (χ2n) is 2.69. The standard InChI is InChI=1S/C7H14N2/c1-6(8)7-4-2-3-5-9-7/h7-9H,2-5H2,1H3. The second-order valence-corrected chi connectivity index (χ2v) is 2.69. The lowest BCUT2D eigenvalue weighted by Crippen LogP contribution is -2.38. The number of rotatable bonds is 1. The Kier molecular flexibility index (Phi) is 2.22. The van der Waals surface area contributed by atoms with Gasteiger partial charge in [-0.25, -0.2) is 0 Å². The van der Waals surface area contributed by atoms with Crippen LogP contribution < -0.4 is 5.32 Å². The summed E-state index contributed by atoms with van der Waals surface area (Å²) in [6.45, 7) is 2.98. The molecule has 2 N–H and O–H groups in total. The van der Waals surface area contributed by atoms with Gasteiger partial charge in [0.2, 0.25) is 0 Å². The third-order valence-corrected chi connectivity index (χ3v) is 1.83. The lowest BCUT2D eigenvalue weighted by Gasteiger charge is -2.22. The minimum atomic E-state index is 0.388. The van der Waals surface area contributed by atoms with Gasteiger partial charge in [-0.1, -0.05) is 6.42 Å². The summed E-state index contributed by atoms with van der Waals surface area (Å²) in [5, 5.41) is 10.6. The molecule has 0 spiro atoms. The fourth-order valence-electron chi connectivity index (χ4n) is 1.22. The third-order valence-electron chi connectivity index (χ3n) is 1.83. The minimum absolute atomic E-state index is 0.388. The minimum Gasteiger partial charge on any atom is -0.309 e. The summed E-state index contributed by atoms with van der Waals surface area (Å²) in [4.78, 5) is 0. The molecule has 1 saturated heterocycles. The molecule has 2 heteroatoms. The summed E-state index contributed by atoms with van der Waals surface area (Å²) < 4.78 is 0. The first-order valence-corrected chi connectivity index (χ1v) is 3.59. The summed E-state index contributed by atoms with van der Waals surface area (Å²) in [5.74, 6) is 0. The van der Waals surface area contributed by atoms with Gasteiger partial charge in [0.15, 0.2) is 0 Å². The molecule has 1 rings (SSSR count). The van der Waals surface area contributed by atoms with E-state index in [1.54, 1.807) is 0 Å². The SMILES string of the molecule is CC(=N)C1CCCCN1. The average molecular weight is 126 g/mol. The van der Waals surface area contributed by atoms with Crippen molar-refractivity contribution in [2.45, 2.75) is 32.2 Å². The van der Waals surface area contributed by atoms with Gasteiger partial charge >= 0.3 is 0 Å². The van der Waals surface area contributed by atoms with Crippen LogP contribution in [0.2, 0.25) is 0 Å². The Morgan fingerprint density at radius 3 is 2.67 bits per heavy atom. The monoisotopic (exact) mass is 126 g/mol. The van der Waals surface area contributed by atoms with Crippen LogP contribution in [0.1, 0.15) is 26.2 Å². The lowest BCUT2D eigenvalue weighted by molar-refractivity contribution is 0.469. The molecule has 0 saturated carbocycles. The van der Waals surface area contributed by atoms with Crippen molar-refractivity contribution < 1.29 is 0 Å². The van der Waals surface area contributed by atoms with Crippen molar-refractivity contribution in [3.8, 4) is 0 Å². The lowest BCUT2D eigenvalue weighted by atomic mass is 10.0. The highest BCUT2D eigenvalue weighted by Gasteiger charge is 2.12. The first kappa shape index (κ1) is 6.75. The van der Waals surface area contributed by atoms with Crippen molar-refractivity contribution in [2.24, 2.45) is 0 Å². The zero-order valence-electron chi connectivity index (χ0n) is 5.91. The van der Waals surface area contributed by atoms with Crippen molar-refractivity contribution in [2.75, 3.05) is 6.54 Å². The van der Waals surface area contributed by atoms with Crippen LogP contribution in [0.25, 0.3) is 0 Å². The molecule has 0 aromatic rings. The Bertz CT molecular complexity index is 103. The van der Waals surface area contributed by atoms with Crippen LogP contribution >= 0.6 is 0 Å². The topological polar surface area (TPSA) is 35.9 Å². The Hall–Kier alpha value is -0.370. The van der Waals surface area contributed by atoms with Gasteiger partial charge in [-0.15, -0.1) is 0 Å². The van der Waals surface area contributed by atoms with Crippen molar-refractivity contribution in [1.29, 1.82) is 5.41 Å². The van der Waals surface area contributed by atoms with Crippen LogP contribution in [0, 0.1) is 5.41 Å². The Morgan fingerprint density at radius 2 is 2.33 bits per heavy atom. The smallest absolute Gasteiger partial charge is 0.0445 e. The van der Waals surface area contributed by atoms with E-state index in [1.165, 1.54) is 12.8 Å². The zero-order chi connectivity index (χ0) is 6.69. The molecule has 1 aliphatic rings. The molecular formula is C7H14N2. The van der Waals surface area contributed by atoms with Crippen molar-refractivity contribution >= 4 is 5.71 Å². The highest BCUT2D eigenvalue weighted by atomic mass is 14.9. The largest absolute Gasteiger partial charge is 0.309 e. The van der Waals surface area contributed by atoms with E-state index >= 15 is 0 Å². The van der Waals surface area contributed by atoms with Crippen LogP contribution in [0.4, 0.5) is 0 Å². The van der Waals surface area contributed by atoms with E-state index in [0.717, 1.165) is 18.7 Å². The Balaban J connectivity index is 2.31. The fourth-order valence-corrected chi connectivity index (χ4v) is 1.22. The molecule has 0 aliphatic carbocycles. The number of hydrogen-bond donors (Lipinski definition) is 2. The highest BCUT2D eigenvalue weighted by Crippen LogP contribution is 2.06. The van der Waals surface area contributed by atoms with Crippen LogP contribution in [-0.2, 0) is 0 Å². The molecule has 1 unspecified atom stereocenters. The van der Waals surface area contributed by atoms with Gasteiger partial charge in [-0.05, 0) is 26.3 Å². The van der Waals surface area contributed by atoms with E-state index in [-0.39, 0.29) is 0 Å². The summed E-state index contributed by atoms with van der Waals surface area (Å²) in [5.41, 5.74) is 0.787. The van der Waals surface area contributed by atoms with Gasteiger partial charge < -0.3 is 10.7 Å². The maximum absolute atomic E-state index is 7.33. The van der Waals surface area contributed by atoms with Crippen LogP contribution in [0.15, 0.2) is 0 Å². The van der Waals surface area contributed by atoms with Gasteiger partial charge in [0, 0.05) is 11.8 Å². The maximum Gasteiger partial charge on any atom is 0.0445 e. The van der Waals surface area contributed by atoms with Gasteiger partial charge in [0.25, 0.3) is 0 Å². The first-order chi connectivity index (χ1) is 4.30. The normalized spacial score (nSPS) is 27.9. The molecule has 2 nitrogen and oxygen atoms in total. The summed E-state index contributed by atoms with van der Waals surface area (Å²) >= 11 is 0. The van der Waals surface area contributed by atoms with Gasteiger partial charge in [0.1, 0.15) is 0 Å². The predicted molar refractivity (Wildman–Crippen MR) is 39.0 cm³/mol. The van der Waals surface area contributed by atoms with Gasteiger partial charge in [0.05, 0.1) is 0 Å². The van der Waals surface area contributed by atoms with E-state index in [9.17, 15) is 0 Å². The van der Waals surface area contributed by atoms with E-state index < -0.39 is 0 Å². The van der Waals surface area contributed by atoms with E-state index in [0.29, 0.717) is 6.04 Å². The highest BCUT2D eigenvalue weighted by molar-refractivity contribution is 5.84. The predicted octanol–water partition coefficient (Wildman–Crippen LogP) is 1.17. The summed E-state index contributed by atoms with van der Waals surface area (Å²) in [7, 11) is 0. The molecule has 52 valence electrons. The Morgan fingerprint density at radius 1 is 1.56 bits per heavy atom. The van der Waals surface area contributed by atoms with Crippen LogP contribution in [-0.4, -0.2) is 18.3 Å². The van der Waals surface area contributed by atoms with E-state index in [1.807, 2.05) is 6.92 Å². The fraction of sp³-hybridized carbons (Fsp3) is 0.857. The molecule has 0 bridgehead atoms. The number of hydrogen-bond acceptors (Lipinski definition) is 2. The van der Waals surface area contributed by atoms with Gasteiger partial charge in [-0.3, -0.25) is 0 Å². The zero-order valence-corrected chi connectivity index (χ0v) is 5.91. The molecule has 1 fully saturated rings. The average Bonchev–Trinajstić information content (AvgIpc) is 1.90. The maximum atomic E-state index is 7.33. The van der Waals surface area contributed by atoms with Gasteiger partial charge in [-0.2, -0.15) is 0 Å². The molecule has 9 heavy (non-hydrogen) atoms. The number of nitrogens with one attached hydrogen (secondary N) is 2. The number of piperidine rings is 1. The molecule has 1 aliphatic heterocycles. The molecular weight excluding hydrogens is 112 g/mol. The van der Waals surface area contributed by atoms with E-state index in [4.69, 9.17) is 5.41 Å². The quantitative estimate of drug-likeness (QED) is 0.508. The third kappa shape index (κ3) is 1.79. The van der Waals surface area contributed by atoms with Crippen molar-refractivity contribution in [3.63, 3.8) is 0 Å². The van der Waals surface area contributed by atoms with Crippen molar-refractivity contribution in [1.82, 2.24) is 5.32 Å².